The van der Waals surface area contributed by atoms with Gasteiger partial charge in [-0.1, -0.05) is 12.2 Å². The molecule has 0 bridgehead atoms. The molecule has 1 atom stereocenters. The Hall–Kier alpha value is -2.30. The summed E-state index contributed by atoms with van der Waals surface area (Å²) < 4.78 is 5.13. The average molecular weight is 342 g/mol. The maximum absolute atomic E-state index is 12.6. The molecule has 0 radical (unpaired) electrons. The Morgan fingerprint density at radius 1 is 1.08 bits per heavy atom. The predicted molar refractivity (Wildman–Crippen MR) is 96.9 cm³/mol. The van der Waals surface area contributed by atoms with E-state index in [9.17, 15) is 9.59 Å². The van der Waals surface area contributed by atoms with Crippen molar-refractivity contribution >= 4 is 11.8 Å². The number of ketones is 1. The van der Waals surface area contributed by atoms with Gasteiger partial charge in [0.2, 0.25) is 0 Å². The summed E-state index contributed by atoms with van der Waals surface area (Å²) in [5.74, 6) is 0.913. The summed E-state index contributed by atoms with van der Waals surface area (Å²) in [6, 6.07) is 7.52. The zero-order valence-corrected chi connectivity index (χ0v) is 14.7. The van der Waals surface area contributed by atoms with Crippen LogP contribution in [0.2, 0.25) is 0 Å². The van der Waals surface area contributed by atoms with E-state index in [0.29, 0.717) is 13.1 Å². The SMILES string of the molecule is COc1ccc(C(=O)C2CCN(C(=O)NC3CC=CCC3)CC2)cc1. The largest absolute Gasteiger partial charge is 0.497 e. The Bertz CT molecular complexity index is 631. The van der Waals surface area contributed by atoms with E-state index >= 15 is 0 Å². The smallest absolute Gasteiger partial charge is 0.317 e. The molecule has 5 heteroatoms. The number of Topliss-reactive ketones (excluding diaryl/α,β-unsaturated/α-hetero) is 1. The van der Waals surface area contributed by atoms with Crippen molar-refractivity contribution < 1.29 is 14.3 Å². The number of carbonyl (C=O) groups is 2. The maximum atomic E-state index is 12.6. The molecule has 2 aliphatic rings. The van der Waals surface area contributed by atoms with Crippen LogP contribution in [0.1, 0.15) is 42.5 Å². The third-order valence-corrected chi connectivity index (χ3v) is 5.12. The van der Waals surface area contributed by atoms with Gasteiger partial charge in [-0.05, 0) is 56.4 Å². The second-order valence-electron chi connectivity index (χ2n) is 6.78. The van der Waals surface area contributed by atoms with E-state index in [1.165, 1.54) is 0 Å². The lowest BCUT2D eigenvalue weighted by Crippen LogP contribution is -2.48. The molecule has 1 heterocycles. The van der Waals surface area contributed by atoms with Crippen molar-refractivity contribution in [2.24, 2.45) is 5.92 Å². The molecule has 1 N–H and O–H groups in total. The van der Waals surface area contributed by atoms with E-state index in [1.807, 2.05) is 29.2 Å². The topological polar surface area (TPSA) is 58.6 Å². The molecule has 1 aliphatic heterocycles. The fraction of sp³-hybridized carbons (Fsp3) is 0.500. The normalized spacial score (nSPS) is 21.0. The van der Waals surface area contributed by atoms with Gasteiger partial charge >= 0.3 is 6.03 Å². The van der Waals surface area contributed by atoms with Gasteiger partial charge in [-0.2, -0.15) is 0 Å². The van der Waals surface area contributed by atoms with Crippen LogP contribution in [0, 0.1) is 5.92 Å². The third kappa shape index (κ3) is 4.41. The number of piperidine rings is 1. The summed E-state index contributed by atoms with van der Waals surface area (Å²) in [5.41, 5.74) is 0.720. The van der Waals surface area contributed by atoms with Crippen molar-refractivity contribution in [3.05, 3.63) is 42.0 Å². The standard InChI is InChI=1S/C20H26N2O3/c1-25-18-9-7-15(8-10-18)19(23)16-11-13-22(14-12-16)20(24)21-17-5-3-2-4-6-17/h2-3,7-10,16-17H,4-6,11-14H2,1H3,(H,21,24). The van der Waals surface area contributed by atoms with Gasteiger partial charge in [-0.15, -0.1) is 0 Å². The van der Waals surface area contributed by atoms with Gasteiger partial charge in [0.25, 0.3) is 0 Å². The first-order valence-electron chi connectivity index (χ1n) is 9.06. The summed E-state index contributed by atoms with van der Waals surface area (Å²) in [7, 11) is 1.61. The van der Waals surface area contributed by atoms with Crippen LogP contribution in [0.5, 0.6) is 5.75 Å². The lowest BCUT2D eigenvalue weighted by atomic mass is 9.89. The maximum Gasteiger partial charge on any atom is 0.317 e. The highest BCUT2D eigenvalue weighted by Gasteiger charge is 2.28. The number of nitrogens with zero attached hydrogens (tertiary/aromatic N) is 1. The van der Waals surface area contributed by atoms with Gasteiger partial charge < -0.3 is 15.0 Å². The van der Waals surface area contributed by atoms with E-state index in [0.717, 1.165) is 43.4 Å². The molecule has 1 aromatic carbocycles. The molecule has 0 aromatic heterocycles. The Kier molecular flexibility index (Phi) is 5.74. The van der Waals surface area contributed by atoms with E-state index in [1.54, 1.807) is 7.11 Å². The molecule has 1 fully saturated rings. The van der Waals surface area contributed by atoms with Crippen LogP contribution in [0.25, 0.3) is 0 Å². The number of rotatable bonds is 4. The van der Waals surface area contributed by atoms with Gasteiger partial charge in [0.1, 0.15) is 5.75 Å². The van der Waals surface area contributed by atoms with Crippen LogP contribution in [0.15, 0.2) is 36.4 Å². The highest BCUT2D eigenvalue weighted by Crippen LogP contribution is 2.23. The first-order valence-corrected chi connectivity index (χ1v) is 9.06. The predicted octanol–water partition coefficient (Wildman–Crippen LogP) is 3.41. The summed E-state index contributed by atoms with van der Waals surface area (Å²) in [5, 5.41) is 3.11. The van der Waals surface area contributed by atoms with E-state index in [4.69, 9.17) is 4.74 Å². The Balaban J connectivity index is 1.49. The monoisotopic (exact) mass is 342 g/mol. The van der Waals surface area contributed by atoms with Crippen LogP contribution in [0.3, 0.4) is 0 Å². The van der Waals surface area contributed by atoms with E-state index in [-0.39, 0.29) is 23.8 Å². The summed E-state index contributed by atoms with van der Waals surface area (Å²) >= 11 is 0. The van der Waals surface area contributed by atoms with E-state index in [2.05, 4.69) is 17.5 Å². The molecule has 5 nitrogen and oxygen atoms in total. The quantitative estimate of drug-likeness (QED) is 0.674. The summed E-state index contributed by atoms with van der Waals surface area (Å²) in [6.45, 7) is 1.28. The number of nitrogens with one attached hydrogen (secondary N) is 1. The molecule has 1 saturated heterocycles. The minimum atomic E-state index is -0.00458. The number of ether oxygens (including phenoxy) is 1. The number of hydrogen-bond acceptors (Lipinski definition) is 3. The average Bonchev–Trinajstić information content (AvgIpc) is 2.68. The van der Waals surface area contributed by atoms with Gasteiger partial charge in [0, 0.05) is 30.6 Å². The molecular formula is C20H26N2O3. The zero-order valence-electron chi connectivity index (χ0n) is 14.7. The zero-order chi connectivity index (χ0) is 17.6. The Labute approximate surface area is 149 Å². The van der Waals surface area contributed by atoms with Gasteiger partial charge in [0.05, 0.1) is 7.11 Å². The Morgan fingerprint density at radius 2 is 1.80 bits per heavy atom. The van der Waals surface area contributed by atoms with Crippen molar-refractivity contribution in [3.8, 4) is 5.75 Å². The highest BCUT2D eigenvalue weighted by atomic mass is 16.5. The number of amides is 2. The molecular weight excluding hydrogens is 316 g/mol. The number of hydrogen-bond donors (Lipinski definition) is 1. The van der Waals surface area contributed by atoms with Gasteiger partial charge in [0.15, 0.2) is 5.78 Å². The van der Waals surface area contributed by atoms with Crippen molar-refractivity contribution in [1.82, 2.24) is 10.2 Å². The van der Waals surface area contributed by atoms with Crippen LogP contribution in [-0.4, -0.2) is 43.0 Å². The molecule has 25 heavy (non-hydrogen) atoms. The van der Waals surface area contributed by atoms with Crippen molar-refractivity contribution in [2.75, 3.05) is 20.2 Å². The van der Waals surface area contributed by atoms with Crippen molar-refractivity contribution in [3.63, 3.8) is 0 Å². The van der Waals surface area contributed by atoms with Crippen LogP contribution in [-0.2, 0) is 0 Å². The first kappa shape index (κ1) is 17.5. The third-order valence-electron chi connectivity index (χ3n) is 5.12. The molecule has 2 amide bonds. The second kappa shape index (κ2) is 8.19. The molecule has 0 spiro atoms. The fourth-order valence-corrected chi connectivity index (χ4v) is 3.53. The molecule has 1 aromatic rings. The number of urea groups is 1. The minimum absolute atomic E-state index is 0.00458. The second-order valence-corrected chi connectivity index (χ2v) is 6.78. The number of carbonyl (C=O) groups excluding carboxylic acids is 2. The van der Waals surface area contributed by atoms with Crippen molar-refractivity contribution in [2.45, 2.75) is 38.1 Å². The summed E-state index contributed by atoms with van der Waals surface area (Å²) in [4.78, 5) is 26.8. The molecule has 1 unspecified atom stereocenters. The van der Waals surface area contributed by atoms with E-state index < -0.39 is 0 Å². The lowest BCUT2D eigenvalue weighted by molar-refractivity contribution is 0.0853. The Morgan fingerprint density at radius 3 is 2.40 bits per heavy atom. The highest BCUT2D eigenvalue weighted by molar-refractivity contribution is 5.98. The van der Waals surface area contributed by atoms with Crippen LogP contribution < -0.4 is 10.1 Å². The van der Waals surface area contributed by atoms with Crippen LogP contribution in [0.4, 0.5) is 4.79 Å². The molecule has 134 valence electrons. The first-order chi connectivity index (χ1) is 12.2. The van der Waals surface area contributed by atoms with Gasteiger partial charge in [-0.3, -0.25) is 4.79 Å². The number of benzene rings is 1. The number of likely N-dealkylation sites (tertiary alicyclic amines) is 1. The van der Waals surface area contributed by atoms with Crippen molar-refractivity contribution in [1.29, 1.82) is 0 Å². The van der Waals surface area contributed by atoms with Gasteiger partial charge in [-0.25, -0.2) is 4.79 Å². The minimum Gasteiger partial charge on any atom is -0.497 e. The number of methoxy groups -OCH3 is 1. The lowest BCUT2D eigenvalue weighted by Gasteiger charge is -2.33. The molecule has 0 saturated carbocycles. The summed E-state index contributed by atoms with van der Waals surface area (Å²) in [6.07, 6.45) is 8.70. The molecule has 3 rings (SSSR count). The fourth-order valence-electron chi connectivity index (χ4n) is 3.53. The number of allylic oxidation sites excluding steroid dienone is 1. The van der Waals surface area contributed by atoms with Crippen LogP contribution >= 0.6 is 0 Å². The molecule has 1 aliphatic carbocycles.